The Balaban J connectivity index is 0. The summed E-state index contributed by atoms with van der Waals surface area (Å²) < 4.78 is 0. The van der Waals surface area contributed by atoms with Gasteiger partial charge in [-0.05, 0) is 23.7 Å². The highest BCUT2D eigenvalue weighted by atomic mass is 14.3. The molecule has 0 radical (unpaired) electrons. The summed E-state index contributed by atoms with van der Waals surface area (Å²) in [6, 6.07) is 0. The molecule has 0 aromatic heterocycles. The molecule has 0 saturated heterocycles. The van der Waals surface area contributed by atoms with Crippen molar-refractivity contribution in [2.45, 2.75) is 81.1 Å². The van der Waals surface area contributed by atoms with E-state index in [0.29, 0.717) is 5.41 Å². The third-order valence-electron chi connectivity index (χ3n) is 3.85. The van der Waals surface area contributed by atoms with E-state index in [0.717, 1.165) is 11.8 Å². The smallest absolute Gasteiger partial charge is 0.0326 e. The van der Waals surface area contributed by atoms with Gasteiger partial charge in [0, 0.05) is 0 Å². The fraction of sp³-hybridized carbons (Fsp3) is 1.00. The molecule has 0 bridgehead atoms. The zero-order valence-electron chi connectivity index (χ0n) is 12.5. The molecule has 0 aliphatic heterocycles. The standard InChI is InChI=1S/C13H28.C2H6/c1-7-10-12(11(4)8-2)13(5,6)9-3;1-2/h11-12H,7-10H2,1-6H3;1-2H3. The molecule has 94 valence electrons. The van der Waals surface area contributed by atoms with Gasteiger partial charge in [-0.1, -0.05) is 74.7 Å². The van der Waals surface area contributed by atoms with Gasteiger partial charge in [-0.2, -0.15) is 0 Å². The summed E-state index contributed by atoms with van der Waals surface area (Å²) in [5.74, 6) is 1.79. The van der Waals surface area contributed by atoms with E-state index in [1.807, 2.05) is 13.8 Å². The zero-order valence-corrected chi connectivity index (χ0v) is 12.5. The Labute approximate surface area is 98.9 Å². The molecule has 0 spiro atoms. The average molecular weight is 214 g/mol. The summed E-state index contributed by atoms with van der Waals surface area (Å²) in [6.07, 6.45) is 5.37. The van der Waals surface area contributed by atoms with Crippen LogP contribution in [-0.4, -0.2) is 0 Å². The minimum absolute atomic E-state index is 0.533. The fourth-order valence-electron chi connectivity index (χ4n) is 2.30. The van der Waals surface area contributed by atoms with Crippen LogP contribution in [0.3, 0.4) is 0 Å². The third kappa shape index (κ3) is 6.22. The van der Waals surface area contributed by atoms with Crippen molar-refractivity contribution in [1.82, 2.24) is 0 Å². The highest BCUT2D eigenvalue weighted by molar-refractivity contribution is 4.80. The zero-order chi connectivity index (χ0) is 12.5. The van der Waals surface area contributed by atoms with E-state index in [-0.39, 0.29) is 0 Å². The van der Waals surface area contributed by atoms with Gasteiger partial charge in [0.2, 0.25) is 0 Å². The number of hydrogen-bond donors (Lipinski definition) is 0. The molecule has 0 aliphatic rings. The Bertz CT molecular complexity index is 124. The third-order valence-corrected chi connectivity index (χ3v) is 3.85. The van der Waals surface area contributed by atoms with E-state index in [1.54, 1.807) is 0 Å². The second kappa shape index (κ2) is 9.24. The first kappa shape index (κ1) is 17.4. The van der Waals surface area contributed by atoms with Crippen LogP contribution in [0.5, 0.6) is 0 Å². The van der Waals surface area contributed by atoms with Crippen molar-refractivity contribution in [3.05, 3.63) is 0 Å². The van der Waals surface area contributed by atoms with Gasteiger partial charge < -0.3 is 0 Å². The monoisotopic (exact) mass is 214 g/mol. The first-order chi connectivity index (χ1) is 6.99. The van der Waals surface area contributed by atoms with Crippen LogP contribution in [0.15, 0.2) is 0 Å². The molecule has 0 fully saturated rings. The molecule has 0 N–H and O–H groups in total. The van der Waals surface area contributed by atoms with Crippen LogP contribution >= 0.6 is 0 Å². The van der Waals surface area contributed by atoms with E-state index in [9.17, 15) is 0 Å². The summed E-state index contributed by atoms with van der Waals surface area (Å²) >= 11 is 0. The van der Waals surface area contributed by atoms with Gasteiger partial charge in [-0.25, -0.2) is 0 Å². The van der Waals surface area contributed by atoms with E-state index >= 15 is 0 Å². The molecular formula is C15H34. The van der Waals surface area contributed by atoms with Crippen molar-refractivity contribution < 1.29 is 0 Å². The molecule has 0 amide bonds. The van der Waals surface area contributed by atoms with Crippen molar-refractivity contribution >= 4 is 0 Å². The van der Waals surface area contributed by atoms with Crippen molar-refractivity contribution in [1.29, 1.82) is 0 Å². The SMILES string of the molecule is CC.CCCC(C(C)CC)C(C)(C)CC. The van der Waals surface area contributed by atoms with Gasteiger partial charge in [0.15, 0.2) is 0 Å². The van der Waals surface area contributed by atoms with Crippen LogP contribution < -0.4 is 0 Å². The average Bonchev–Trinajstić information content (AvgIpc) is 2.27. The van der Waals surface area contributed by atoms with Gasteiger partial charge in [-0.3, -0.25) is 0 Å². The molecule has 0 rings (SSSR count). The predicted molar refractivity (Wildman–Crippen MR) is 73.3 cm³/mol. The van der Waals surface area contributed by atoms with Gasteiger partial charge in [0.1, 0.15) is 0 Å². The van der Waals surface area contributed by atoms with Gasteiger partial charge in [0.25, 0.3) is 0 Å². The maximum absolute atomic E-state index is 2.43. The van der Waals surface area contributed by atoms with E-state index in [1.165, 1.54) is 25.7 Å². The minimum Gasteiger partial charge on any atom is -0.0683 e. The molecule has 15 heavy (non-hydrogen) atoms. The van der Waals surface area contributed by atoms with Crippen LogP contribution in [0, 0.1) is 17.3 Å². The molecule has 2 unspecified atom stereocenters. The van der Waals surface area contributed by atoms with Crippen LogP contribution in [-0.2, 0) is 0 Å². The Hall–Kier alpha value is 0. The molecular weight excluding hydrogens is 180 g/mol. The lowest BCUT2D eigenvalue weighted by molar-refractivity contribution is 0.126. The molecule has 0 saturated carbocycles. The Kier molecular flexibility index (Phi) is 10.7. The Morgan fingerprint density at radius 1 is 1.00 bits per heavy atom. The van der Waals surface area contributed by atoms with Crippen LogP contribution in [0.25, 0.3) is 0 Å². The molecule has 0 aliphatic carbocycles. The second-order valence-electron chi connectivity index (χ2n) is 5.12. The topological polar surface area (TPSA) is 0 Å². The van der Waals surface area contributed by atoms with Crippen LogP contribution in [0.1, 0.15) is 81.1 Å². The van der Waals surface area contributed by atoms with Crippen molar-refractivity contribution in [3.8, 4) is 0 Å². The van der Waals surface area contributed by atoms with Crippen LogP contribution in [0.2, 0.25) is 0 Å². The summed E-state index contributed by atoms with van der Waals surface area (Å²) in [7, 11) is 0. The molecule has 0 heterocycles. The van der Waals surface area contributed by atoms with Crippen molar-refractivity contribution in [2.75, 3.05) is 0 Å². The fourth-order valence-corrected chi connectivity index (χ4v) is 2.30. The summed E-state index contributed by atoms with van der Waals surface area (Å²) in [6.45, 7) is 18.2. The Morgan fingerprint density at radius 2 is 1.47 bits per heavy atom. The highest BCUT2D eigenvalue weighted by Gasteiger charge is 2.30. The first-order valence-electron chi connectivity index (χ1n) is 6.99. The summed E-state index contributed by atoms with van der Waals surface area (Å²) in [4.78, 5) is 0. The lowest BCUT2D eigenvalue weighted by atomic mass is 9.68. The van der Waals surface area contributed by atoms with Crippen LogP contribution in [0.4, 0.5) is 0 Å². The molecule has 0 heteroatoms. The quantitative estimate of drug-likeness (QED) is 0.515. The lowest BCUT2D eigenvalue weighted by Gasteiger charge is -2.37. The van der Waals surface area contributed by atoms with E-state index < -0.39 is 0 Å². The van der Waals surface area contributed by atoms with Gasteiger partial charge in [0.05, 0.1) is 0 Å². The lowest BCUT2D eigenvalue weighted by Crippen LogP contribution is -2.28. The largest absolute Gasteiger partial charge is 0.0683 e. The predicted octanol–water partition coefficient (Wildman–Crippen LogP) is 5.91. The Morgan fingerprint density at radius 3 is 1.73 bits per heavy atom. The van der Waals surface area contributed by atoms with Crippen molar-refractivity contribution in [3.63, 3.8) is 0 Å². The van der Waals surface area contributed by atoms with E-state index in [4.69, 9.17) is 0 Å². The maximum atomic E-state index is 2.43. The van der Waals surface area contributed by atoms with E-state index in [2.05, 4.69) is 41.5 Å². The molecule has 0 aromatic carbocycles. The highest BCUT2D eigenvalue weighted by Crippen LogP contribution is 2.39. The number of rotatable bonds is 6. The van der Waals surface area contributed by atoms with Gasteiger partial charge in [-0.15, -0.1) is 0 Å². The molecule has 0 aromatic rings. The molecule has 0 nitrogen and oxygen atoms in total. The maximum Gasteiger partial charge on any atom is -0.0326 e. The first-order valence-corrected chi connectivity index (χ1v) is 6.99. The summed E-state index contributed by atoms with van der Waals surface area (Å²) in [5.41, 5.74) is 0.533. The minimum atomic E-state index is 0.533. The van der Waals surface area contributed by atoms with Crippen molar-refractivity contribution in [2.24, 2.45) is 17.3 Å². The second-order valence-corrected chi connectivity index (χ2v) is 5.12. The summed E-state index contributed by atoms with van der Waals surface area (Å²) in [5, 5.41) is 0. The normalized spacial score (nSPS) is 15.2. The molecule has 2 atom stereocenters. The van der Waals surface area contributed by atoms with Gasteiger partial charge >= 0.3 is 0 Å². The number of hydrogen-bond acceptors (Lipinski definition) is 0.